The van der Waals surface area contributed by atoms with Crippen LogP contribution in [0.5, 0.6) is 11.5 Å². The zero-order chi connectivity index (χ0) is 31.1. The van der Waals surface area contributed by atoms with Crippen LogP contribution in [0.25, 0.3) is 20.7 Å². The average Bonchev–Trinajstić information content (AvgIpc) is 3.42. The Morgan fingerprint density at radius 2 is 1.77 bits per heavy atom. The van der Waals surface area contributed by atoms with Crippen LogP contribution in [0, 0.1) is 5.82 Å². The molecular weight excluding hydrogens is 620 g/mol. The number of nitrogens with one attached hydrogen (secondary N) is 3. The molecule has 2 heterocycles. The van der Waals surface area contributed by atoms with Gasteiger partial charge in [-0.1, -0.05) is 48.5 Å². The Bertz CT molecular complexity index is 1910. The average molecular weight is 649 g/mol. The van der Waals surface area contributed by atoms with Gasteiger partial charge in [0.1, 0.15) is 15.6 Å². The lowest BCUT2D eigenvalue weighted by atomic mass is 10.1. The molecule has 0 aliphatic carbocycles. The molecule has 0 saturated carbocycles. The highest BCUT2D eigenvalue weighted by Gasteiger charge is 2.14. The molecule has 0 aliphatic heterocycles. The van der Waals surface area contributed by atoms with Crippen molar-refractivity contribution in [3.8, 4) is 21.9 Å². The maximum absolute atomic E-state index is 15.1. The molecular formula is C32H29FN4O4S3. The Morgan fingerprint density at radius 1 is 0.977 bits per heavy atom. The summed E-state index contributed by atoms with van der Waals surface area (Å²) in [6.45, 7) is 0.915. The van der Waals surface area contributed by atoms with Crippen molar-refractivity contribution < 1.29 is 22.3 Å². The fourth-order valence-corrected chi connectivity index (χ4v) is 6.17. The van der Waals surface area contributed by atoms with E-state index in [1.165, 1.54) is 29.7 Å². The van der Waals surface area contributed by atoms with E-state index >= 15 is 4.39 Å². The Balaban J connectivity index is 1.24. The number of thiophene rings is 1. The number of aromatic nitrogens is 1. The molecule has 5 aromatic rings. The van der Waals surface area contributed by atoms with Crippen LogP contribution in [0.2, 0.25) is 0 Å². The SMILES string of the molecule is CS(=O)(=O)CCNCc1cccc(-c2cc3nccc(Oc4ccc(NC(=S)NC(=O)Cc5ccccc5)cc4F)c3s2)c1. The fraction of sp³-hybridized carbons (Fsp3) is 0.156. The fourth-order valence-electron chi connectivity index (χ4n) is 4.36. The largest absolute Gasteiger partial charge is 0.453 e. The van der Waals surface area contributed by atoms with Crippen molar-refractivity contribution in [2.45, 2.75) is 13.0 Å². The van der Waals surface area contributed by atoms with Crippen molar-refractivity contribution >= 4 is 60.3 Å². The van der Waals surface area contributed by atoms with Crippen molar-refractivity contribution in [3.63, 3.8) is 0 Å². The number of sulfone groups is 1. The molecule has 0 saturated heterocycles. The van der Waals surface area contributed by atoms with Crippen molar-refractivity contribution in [2.24, 2.45) is 0 Å². The number of hydrogen-bond donors (Lipinski definition) is 3. The highest BCUT2D eigenvalue weighted by molar-refractivity contribution is 7.90. The first kappa shape index (κ1) is 31.2. The summed E-state index contributed by atoms with van der Waals surface area (Å²) in [5.74, 6) is -0.310. The molecule has 0 fully saturated rings. The molecule has 1 amide bonds. The molecule has 226 valence electrons. The summed E-state index contributed by atoms with van der Waals surface area (Å²) in [5.41, 5.74) is 3.94. The number of halogens is 1. The number of ether oxygens (including phenoxy) is 1. The summed E-state index contributed by atoms with van der Waals surface area (Å²) in [7, 11) is -3.02. The van der Waals surface area contributed by atoms with Gasteiger partial charge >= 0.3 is 0 Å². The molecule has 8 nitrogen and oxygen atoms in total. The van der Waals surface area contributed by atoms with Crippen molar-refractivity contribution in [3.05, 3.63) is 108 Å². The van der Waals surface area contributed by atoms with Crippen LogP contribution in [0.3, 0.4) is 0 Å². The van der Waals surface area contributed by atoms with E-state index in [1.807, 2.05) is 60.7 Å². The topological polar surface area (TPSA) is 109 Å². The zero-order valence-corrected chi connectivity index (χ0v) is 26.1. The van der Waals surface area contributed by atoms with E-state index in [0.29, 0.717) is 24.5 Å². The predicted octanol–water partition coefficient (Wildman–Crippen LogP) is 6.08. The molecule has 3 N–H and O–H groups in total. The quantitative estimate of drug-likeness (QED) is 0.117. The number of carbonyl (C=O) groups excluding carboxylic acids is 1. The molecule has 2 aromatic heterocycles. The van der Waals surface area contributed by atoms with Crippen LogP contribution in [0.1, 0.15) is 11.1 Å². The zero-order valence-electron chi connectivity index (χ0n) is 23.7. The van der Waals surface area contributed by atoms with Crippen LogP contribution in [0.15, 0.2) is 91.1 Å². The maximum atomic E-state index is 15.1. The molecule has 12 heteroatoms. The number of carbonyl (C=O) groups is 1. The smallest absolute Gasteiger partial charge is 0.230 e. The lowest BCUT2D eigenvalue weighted by Crippen LogP contribution is -2.35. The standard InChI is InChI=1S/C32H29FN4O4S3/c1-44(39,40)15-14-34-20-22-8-5-9-23(16-22)29-19-26-31(43-29)28(12-13-35-26)41-27-11-10-24(18-25(27)33)36-32(42)37-30(38)17-21-6-3-2-4-7-21/h2-13,16,18-19,34H,14-15,17,20H2,1H3,(H2,36,37,38,42). The van der Waals surface area contributed by atoms with Gasteiger partial charge < -0.3 is 20.7 Å². The minimum Gasteiger partial charge on any atom is -0.453 e. The van der Waals surface area contributed by atoms with Crippen molar-refractivity contribution in [1.29, 1.82) is 0 Å². The molecule has 0 bridgehead atoms. The summed E-state index contributed by atoms with van der Waals surface area (Å²) in [5, 5.41) is 8.67. The maximum Gasteiger partial charge on any atom is 0.230 e. The third kappa shape index (κ3) is 8.66. The number of rotatable bonds is 11. The van der Waals surface area contributed by atoms with E-state index in [1.54, 1.807) is 18.3 Å². The van der Waals surface area contributed by atoms with E-state index in [-0.39, 0.29) is 28.9 Å². The van der Waals surface area contributed by atoms with Gasteiger partial charge in [-0.15, -0.1) is 11.3 Å². The van der Waals surface area contributed by atoms with Gasteiger partial charge in [0.25, 0.3) is 0 Å². The normalized spacial score (nSPS) is 11.3. The first-order valence-electron chi connectivity index (χ1n) is 13.6. The summed E-state index contributed by atoms with van der Waals surface area (Å²) in [6.07, 6.45) is 3.00. The number of fused-ring (bicyclic) bond motifs is 1. The molecule has 3 aromatic carbocycles. The number of nitrogens with zero attached hydrogens (tertiary/aromatic N) is 1. The molecule has 0 unspecified atom stereocenters. The third-order valence-corrected chi connectivity index (χ3v) is 8.77. The second-order valence-electron chi connectivity index (χ2n) is 10.1. The van der Waals surface area contributed by atoms with Gasteiger partial charge in [0.15, 0.2) is 16.7 Å². The minimum atomic E-state index is -3.02. The lowest BCUT2D eigenvalue weighted by molar-refractivity contribution is -0.119. The number of thiocarbonyl (C=S) groups is 1. The predicted molar refractivity (Wildman–Crippen MR) is 177 cm³/mol. The number of benzene rings is 3. The van der Waals surface area contributed by atoms with Crippen LogP contribution in [-0.4, -0.2) is 43.0 Å². The van der Waals surface area contributed by atoms with Crippen LogP contribution in [0.4, 0.5) is 10.1 Å². The van der Waals surface area contributed by atoms with E-state index in [9.17, 15) is 13.2 Å². The van der Waals surface area contributed by atoms with E-state index in [4.69, 9.17) is 17.0 Å². The van der Waals surface area contributed by atoms with Crippen molar-refractivity contribution in [1.82, 2.24) is 15.6 Å². The van der Waals surface area contributed by atoms with Crippen molar-refractivity contribution in [2.75, 3.05) is 23.9 Å². The molecule has 5 rings (SSSR count). The molecule has 44 heavy (non-hydrogen) atoms. The highest BCUT2D eigenvalue weighted by atomic mass is 32.2. The minimum absolute atomic E-state index is 0.0270. The summed E-state index contributed by atoms with van der Waals surface area (Å²) in [6, 6.07) is 25.2. The lowest BCUT2D eigenvalue weighted by Gasteiger charge is -2.12. The molecule has 0 atom stereocenters. The number of hydrogen-bond acceptors (Lipinski definition) is 8. The van der Waals surface area contributed by atoms with Gasteiger partial charge in [0.2, 0.25) is 5.91 Å². The van der Waals surface area contributed by atoms with E-state index in [0.717, 1.165) is 31.8 Å². The second kappa shape index (κ2) is 14.0. The Kier molecular flexibility index (Phi) is 9.95. The summed E-state index contributed by atoms with van der Waals surface area (Å²) >= 11 is 6.71. The first-order valence-corrected chi connectivity index (χ1v) is 16.9. The number of amides is 1. The van der Waals surface area contributed by atoms with Gasteiger partial charge in [-0.2, -0.15) is 0 Å². The van der Waals surface area contributed by atoms with Crippen LogP contribution in [-0.2, 0) is 27.6 Å². The monoisotopic (exact) mass is 648 g/mol. The van der Waals surface area contributed by atoms with E-state index < -0.39 is 15.7 Å². The van der Waals surface area contributed by atoms with Crippen LogP contribution < -0.4 is 20.7 Å². The molecule has 0 aliphatic rings. The van der Waals surface area contributed by atoms with Gasteiger partial charge in [-0.05, 0) is 53.2 Å². The third-order valence-electron chi connectivity index (χ3n) is 6.44. The first-order chi connectivity index (χ1) is 21.1. The molecule has 0 radical (unpaired) electrons. The van der Waals surface area contributed by atoms with Gasteiger partial charge in [-0.3, -0.25) is 9.78 Å². The van der Waals surface area contributed by atoms with Crippen LogP contribution >= 0.6 is 23.6 Å². The Labute approximate surface area is 264 Å². The Morgan fingerprint density at radius 3 is 2.55 bits per heavy atom. The van der Waals surface area contributed by atoms with Gasteiger partial charge in [0, 0.05) is 48.2 Å². The van der Waals surface area contributed by atoms with E-state index in [2.05, 4.69) is 20.9 Å². The molecule has 0 spiro atoms. The summed E-state index contributed by atoms with van der Waals surface area (Å²) in [4.78, 5) is 17.7. The second-order valence-corrected chi connectivity index (χ2v) is 13.8. The highest BCUT2D eigenvalue weighted by Crippen LogP contribution is 2.40. The number of pyridine rings is 1. The van der Waals surface area contributed by atoms with Gasteiger partial charge in [-0.25, -0.2) is 12.8 Å². The summed E-state index contributed by atoms with van der Waals surface area (Å²) < 4.78 is 44.6. The number of anilines is 1. The Hall–Kier alpha value is -4.23. The van der Waals surface area contributed by atoms with Gasteiger partial charge in [0.05, 0.1) is 22.4 Å².